The molecule has 2 aromatic rings. The summed E-state index contributed by atoms with van der Waals surface area (Å²) in [5, 5.41) is 11.6. The number of hydrogen-bond donors (Lipinski definition) is 2. The summed E-state index contributed by atoms with van der Waals surface area (Å²) in [6, 6.07) is 16.0. The fraction of sp³-hybridized carbons (Fsp3) is 0.444. The SMILES string of the molecule is CCCC[C@H](CC(=O)N1CCSC(C(=O)O)C1)NC(=O)OCC1c2ccccc2-c2ccccc21. The molecule has 0 radical (unpaired) electrons. The van der Waals surface area contributed by atoms with E-state index in [2.05, 4.69) is 36.5 Å². The molecule has 1 fully saturated rings. The molecule has 1 heterocycles. The quantitative estimate of drug-likeness (QED) is 0.531. The maximum absolute atomic E-state index is 12.9. The number of carboxylic acid groups (broad SMARTS) is 1. The molecule has 4 rings (SSSR count). The Labute approximate surface area is 210 Å². The Morgan fingerprint density at radius 3 is 2.40 bits per heavy atom. The fourth-order valence-corrected chi connectivity index (χ4v) is 5.89. The second kappa shape index (κ2) is 11.6. The zero-order valence-corrected chi connectivity index (χ0v) is 20.8. The molecule has 0 saturated carbocycles. The lowest BCUT2D eigenvalue weighted by atomic mass is 9.98. The summed E-state index contributed by atoms with van der Waals surface area (Å²) >= 11 is 1.36. The average Bonchev–Trinajstić information content (AvgIpc) is 3.19. The van der Waals surface area contributed by atoms with Gasteiger partial charge in [0, 0.05) is 37.2 Å². The third kappa shape index (κ3) is 5.99. The third-order valence-electron chi connectivity index (χ3n) is 6.69. The lowest BCUT2D eigenvalue weighted by Crippen LogP contribution is -2.47. The standard InChI is InChI=1S/C27H32N2O5S/c1-2-3-8-18(15-25(30)29-13-14-35-24(16-29)26(31)32)28-27(33)34-17-23-21-11-6-4-9-19(21)20-10-5-7-12-22(20)23/h4-7,9-12,18,23-24H,2-3,8,13-17H2,1H3,(H,28,33)(H,31,32)/t18-,24?/m1/s1. The number of rotatable bonds is 9. The van der Waals surface area contributed by atoms with Crippen LogP contribution in [0, 0.1) is 0 Å². The predicted molar refractivity (Wildman–Crippen MR) is 137 cm³/mol. The smallest absolute Gasteiger partial charge is 0.407 e. The first-order valence-corrected chi connectivity index (χ1v) is 13.3. The van der Waals surface area contributed by atoms with Gasteiger partial charge in [0.2, 0.25) is 5.91 Å². The molecule has 186 valence electrons. The summed E-state index contributed by atoms with van der Waals surface area (Å²) < 4.78 is 5.67. The highest BCUT2D eigenvalue weighted by Crippen LogP contribution is 2.44. The number of carbonyl (C=O) groups is 3. The Bertz CT molecular complexity index is 1030. The van der Waals surface area contributed by atoms with Gasteiger partial charge in [-0.2, -0.15) is 0 Å². The van der Waals surface area contributed by atoms with Crippen LogP contribution in [0.3, 0.4) is 0 Å². The summed E-state index contributed by atoms with van der Waals surface area (Å²) in [5.41, 5.74) is 4.64. The highest BCUT2D eigenvalue weighted by atomic mass is 32.2. The number of carbonyl (C=O) groups excluding carboxylic acids is 2. The van der Waals surface area contributed by atoms with Gasteiger partial charge in [-0.3, -0.25) is 9.59 Å². The van der Waals surface area contributed by atoms with Gasteiger partial charge in [0.25, 0.3) is 0 Å². The lowest BCUT2D eigenvalue weighted by molar-refractivity contribution is -0.138. The van der Waals surface area contributed by atoms with Gasteiger partial charge in [0.15, 0.2) is 0 Å². The van der Waals surface area contributed by atoms with E-state index in [1.165, 1.54) is 22.9 Å². The monoisotopic (exact) mass is 496 g/mol. The minimum Gasteiger partial charge on any atom is -0.480 e. The van der Waals surface area contributed by atoms with Crippen LogP contribution in [-0.2, 0) is 14.3 Å². The number of unbranched alkanes of at least 4 members (excludes halogenated alkanes) is 1. The number of fused-ring (bicyclic) bond motifs is 3. The van der Waals surface area contributed by atoms with E-state index in [0.717, 1.165) is 24.0 Å². The molecule has 2 amide bonds. The number of amides is 2. The van der Waals surface area contributed by atoms with Crippen molar-refractivity contribution in [1.29, 1.82) is 0 Å². The minimum atomic E-state index is -0.896. The molecule has 2 atom stereocenters. The molecule has 1 aliphatic carbocycles. The number of aliphatic carboxylic acids is 1. The number of alkyl carbamates (subject to hydrolysis) is 1. The van der Waals surface area contributed by atoms with Crippen LogP contribution in [0.1, 0.15) is 49.7 Å². The van der Waals surface area contributed by atoms with E-state index >= 15 is 0 Å². The first-order valence-electron chi connectivity index (χ1n) is 12.2. The second-order valence-corrected chi connectivity index (χ2v) is 10.4. The summed E-state index contributed by atoms with van der Waals surface area (Å²) in [6.45, 7) is 3.01. The minimum absolute atomic E-state index is 0.0253. The number of benzene rings is 2. The van der Waals surface area contributed by atoms with E-state index in [9.17, 15) is 19.5 Å². The zero-order chi connectivity index (χ0) is 24.8. The van der Waals surface area contributed by atoms with Crippen molar-refractivity contribution in [2.45, 2.75) is 49.8 Å². The van der Waals surface area contributed by atoms with Crippen molar-refractivity contribution >= 4 is 29.7 Å². The van der Waals surface area contributed by atoms with Gasteiger partial charge < -0.3 is 20.1 Å². The van der Waals surface area contributed by atoms with Gasteiger partial charge in [-0.1, -0.05) is 68.3 Å². The van der Waals surface area contributed by atoms with Crippen LogP contribution in [-0.4, -0.2) is 64.7 Å². The van der Waals surface area contributed by atoms with Gasteiger partial charge in [-0.15, -0.1) is 11.8 Å². The maximum Gasteiger partial charge on any atom is 0.407 e. The highest BCUT2D eigenvalue weighted by Gasteiger charge is 2.31. The predicted octanol–water partition coefficient (Wildman–Crippen LogP) is 4.50. The van der Waals surface area contributed by atoms with Crippen LogP contribution < -0.4 is 5.32 Å². The van der Waals surface area contributed by atoms with Gasteiger partial charge in [0.05, 0.1) is 0 Å². The van der Waals surface area contributed by atoms with Gasteiger partial charge in [0.1, 0.15) is 11.9 Å². The van der Waals surface area contributed by atoms with Crippen molar-refractivity contribution < 1.29 is 24.2 Å². The first kappa shape index (κ1) is 25.1. The van der Waals surface area contributed by atoms with Crippen molar-refractivity contribution in [3.63, 3.8) is 0 Å². The first-order chi connectivity index (χ1) is 17.0. The number of hydrogen-bond acceptors (Lipinski definition) is 5. The molecule has 2 N–H and O–H groups in total. The lowest BCUT2D eigenvalue weighted by Gasteiger charge is -2.31. The molecule has 0 aromatic heterocycles. The Hall–Kier alpha value is -3.00. The number of thioether (sulfide) groups is 1. The van der Waals surface area contributed by atoms with Gasteiger partial charge >= 0.3 is 12.1 Å². The molecular weight excluding hydrogens is 464 g/mol. The van der Waals surface area contributed by atoms with Crippen molar-refractivity contribution in [3.8, 4) is 11.1 Å². The van der Waals surface area contributed by atoms with E-state index in [0.29, 0.717) is 18.7 Å². The molecule has 2 aliphatic rings. The summed E-state index contributed by atoms with van der Waals surface area (Å²) in [5.74, 6) is -0.451. The Balaban J connectivity index is 1.36. The highest BCUT2D eigenvalue weighted by molar-refractivity contribution is 8.00. The van der Waals surface area contributed by atoms with Crippen LogP contribution in [0.25, 0.3) is 11.1 Å². The number of nitrogens with one attached hydrogen (secondary N) is 1. The van der Waals surface area contributed by atoms with Crippen LogP contribution in [0.4, 0.5) is 4.79 Å². The van der Waals surface area contributed by atoms with Gasteiger partial charge in [-0.25, -0.2) is 4.79 Å². The average molecular weight is 497 g/mol. The van der Waals surface area contributed by atoms with Crippen molar-refractivity contribution in [2.75, 3.05) is 25.4 Å². The van der Waals surface area contributed by atoms with E-state index in [-0.39, 0.29) is 37.4 Å². The molecule has 1 unspecified atom stereocenters. The fourth-order valence-electron chi connectivity index (χ4n) is 4.85. The van der Waals surface area contributed by atoms with Crippen LogP contribution in [0.5, 0.6) is 0 Å². The molecule has 2 aromatic carbocycles. The molecule has 8 heteroatoms. The van der Waals surface area contributed by atoms with E-state index in [1.54, 1.807) is 4.90 Å². The third-order valence-corrected chi connectivity index (χ3v) is 7.86. The van der Waals surface area contributed by atoms with Crippen LogP contribution in [0.15, 0.2) is 48.5 Å². The Morgan fingerprint density at radius 1 is 1.11 bits per heavy atom. The van der Waals surface area contributed by atoms with Crippen molar-refractivity contribution in [3.05, 3.63) is 59.7 Å². The van der Waals surface area contributed by atoms with E-state index < -0.39 is 17.3 Å². The van der Waals surface area contributed by atoms with Crippen molar-refractivity contribution in [2.24, 2.45) is 0 Å². The summed E-state index contributed by atoms with van der Waals surface area (Å²) in [6.07, 6.45) is 2.09. The summed E-state index contributed by atoms with van der Waals surface area (Å²) in [4.78, 5) is 38.6. The largest absolute Gasteiger partial charge is 0.480 e. The number of ether oxygens (including phenoxy) is 1. The normalized spacial score (nSPS) is 17.9. The second-order valence-electron chi connectivity index (χ2n) is 9.05. The Morgan fingerprint density at radius 2 is 1.77 bits per heavy atom. The molecular formula is C27H32N2O5S. The summed E-state index contributed by atoms with van der Waals surface area (Å²) in [7, 11) is 0. The molecule has 7 nitrogen and oxygen atoms in total. The van der Waals surface area contributed by atoms with Crippen LogP contribution >= 0.6 is 11.8 Å². The number of nitrogens with zero attached hydrogens (tertiary/aromatic N) is 1. The molecule has 35 heavy (non-hydrogen) atoms. The van der Waals surface area contributed by atoms with E-state index in [1.807, 2.05) is 24.3 Å². The molecule has 0 spiro atoms. The molecule has 1 aliphatic heterocycles. The van der Waals surface area contributed by atoms with Crippen LogP contribution in [0.2, 0.25) is 0 Å². The zero-order valence-electron chi connectivity index (χ0n) is 19.9. The van der Waals surface area contributed by atoms with E-state index in [4.69, 9.17) is 4.74 Å². The Kier molecular flexibility index (Phi) is 8.33. The number of carboxylic acids is 1. The molecule has 1 saturated heterocycles. The topological polar surface area (TPSA) is 95.9 Å². The molecule has 0 bridgehead atoms. The van der Waals surface area contributed by atoms with Gasteiger partial charge in [-0.05, 0) is 28.7 Å². The van der Waals surface area contributed by atoms with Crippen molar-refractivity contribution in [1.82, 2.24) is 10.2 Å². The maximum atomic E-state index is 12.9.